The predicted octanol–water partition coefficient (Wildman–Crippen LogP) is 3.16. The van der Waals surface area contributed by atoms with Gasteiger partial charge in [0.25, 0.3) is 5.56 Å². The summed E-state index contributed by atoms with van der Waals surface area (Å²) in [6.07, 6.45) is 2.02. The number of benzene rings is 1. The Morgan fingerprint density at radius 2 is 1.91 bits per heavy atom. The van der Waals surface area contributed by atoms with Crippen LogP contribution in [0.4, 0.5) is 5.69 Å². The van der Waals surface area contributed by atoms with Crippen LogP contribution in [0.2, 0.25) is 0 Å². The van der Waals surface area contributed by atoms with Crippen LogP contribution in [0.15, 0.2) is 52.5 Å². The summed E-state index contributed by atoms with van der Waals surface area (Å²) >= 11 is 1.30. The van der Waals surface area contributed by atoms with E-state index in [2.05, 4.69) is 20.5 Å². The zero-order valence-corrected chi connectivity index (χ0v) is 20.5. The van der Waals surface area contributed by atoms with Crippen LogP contribution in [-0.2, 0) is 18.3 Å². The van der Waals surface area contributed by atoms with Crippen molar-refractivity contribution < 1.29 is 9.53 Å². The molecule has 4 rings (SSSR count). The Labute approximate surface area is 201 Å². The van der Waals surface area contributed by atoms with E-state index in [9.17, 15) is 9.59 Å². The number of fused-ring (bicyclic) bond motifs is 1. The van der Waals surface area contributed by atoms with Gasteiger partial charge < -0.3 is 14.6 Å². The first-order chi connectivity index (χ1) is 16.3. The summed E-state index contributed by atoms with van der Waals surface area (Å²) < 4.78 is 8.52. The molecule has 1 N–H and O–H groups in total. The summed E-state index contributed by atoms with van der Waals surface area (Å²) in [7, 11) is 3.42. The molecule has 0 fully saturated rings. The standard InChI is InChI=1S/C24H26N6O3S/c1-14-7-6-12-30-21(14)25-15(2)19(23(30)32)13-20-27-28-24(29(20)4)34-16(3)22(31)26-17-8-10-18(33-5)11-9-17/h6-12,16H,13H2,1-5H3,(H,26,31)/t16-/m1/s1. The minimum absolute atomic E-state index is 0.115. The lowest BCUT2D eigenvalue weighted by molar-refractivity contribution is -0.115. The van der Waals surface area contributed by atoms with E-state index in [1.807, 2.05) is 44.5 Å². The number of aryl methyl sites for hydroxylation is 2. The summed E-state index contributed by atoms with van der Waals surface area (Å²) in [6, 6.07) is 10.9. The molecule has 1 amide bonds. The molecule has 4 aromatic rings. The van der Waals surface area contributed by atoms with E-state index in [1.54, 1.807) is 42.0 Å². The normalized spacial score (nSPS) is 12.0. The average Bonchev–Trinajstić information content (AvgIpc) is 3.16. The topological polar surface area (TPSA) is 103 Å². The highest BCUT2D eigenvalue weighted by Gasteiger charge is 2.21. The molecule has 3 aromatic heterocycles. The Balaban J connectivity index is 1.50. The molecule has 0 spiro atoms. The van der Waals surface area contributed by atoms with Gasteiger partial charge in [-0.2, -0.15) is 0 Å². The maximum absolute atomic E-state index is 13.1. The Morgan fingerprint density at radius 3 is 2.62 bits per heavy atom. The van der Waals surface area contributed by atoms with Gasteiger partial charge in [-0.15, -0.1) is 10.2 Å². The van der Waals surface area contributed by atoms with Crippen molar-refractivity contribution in [1.29, 1.82) is 0 Å². The Morgan fingerprint density at radius 1 is 1.18 bits per heavy atom. The lowest BCUT2D eigenvalue weighted by Crippen LogP contribution is -2.23. The zero-order chi connectivity index (χ0) is 24.4. The number of rotatable bonds is 7. The predicted molar refractivity (Wildman–Crippen MR) is 132 cm³/mol. The monoisotopic (exact) mass is 478 g/mol. The van der Waals surface area contributed by atoms with Gasteiger partial charge in [-0.1, -0.05) is 17.8 Å². The van der Waals surface area contributed by atoms with Crippen molar-refractivity contribution in [2.45, 2.75) is 37.6 Å². The number of carbonyl (C=O) groups excluding carboxylic acids is 1. The lowest BCUT2D eigenvalue weighted by Gasteiger charge is -2.12. The molecule has 0 aliphatic heterocycles. The van der Waals surface area contributed by atoms with Crippen molar-refractivity contribution in [3.05, 3.63) is 75.6 Å². The third kappa shape index (κ3) is 4.67. The minimum atomic E-state index is -0.407. The second-order valence-electron chi connectivity index (χ2n) is 7.98. The number of methoxy groups -OCH3 is 1. The molecule has 0 aliphatic rings. The van der Waals surface area contributed by atoms with Gasteiger partial charge in [-0.05, 0) is 56.7 Å². The molecule has 1 aromatic carbocycles. The summed E-state index contributed by atoms with van der Waals surface area (Å²) in [5, 5.41) is 11.6. The fourth-order valence-corrected chi connectivity index (χ4v) is 4.37. The quantitative estimate of drug-likeness (QED) is 0.407. The summed E-state index contributed by atoms with van der Waals surface area (Å²) in [4.78, 5) is 30.4. The van der Waals surface area contributed by atoms with Crippen LogP contribution in [0.5, 0.6) is 5.75 Å². The third-order valence-electron chi connectivity index (χ3n) is 5.62. The molecule has 0 unspecified atom stereocenters. The van der Waals surface area contributed by atoms with Crippen molar-refractivity contribution in [3.63, 3.8) is 0 Å². The molecule has 0 radical (unpaired) electrons. The van der Waals surface area contributed by atoms with Crippen LogP contribution >= 0.6 is 11.8 Å². The van der Waals surface area contributed by atoms with Crippen LogP contribution in [0.3, 0.4) is 0 Å². The van der Waals surface area contributed by atoms with Gasteiger partial charge in [-0.25, -0.2) is 4.98 Å². The van der Waals surface area contributed by atoms with Crippen LogP contribution in [-0.4, -0.2) is 42.4 Å². The first-order valence-electron chi connectivity index (χ1n) is 10.8. The minimum Gasteiger partial charge on any atom is -0.497 e. The van der Waals surface area contributed by atoms with Gasteiger partial charge in [0.15, 0.2) is 5.16 Å². The molecule has 0 bridgehead atoms. The van der Waals surface area contributed by atoms with E-state index in [-0.39, 0.29) is 11.5 Å². The number of anilines is 1. The molecule has 0 saturated heterocycles. The van der Waals surface area contributed by atoms with Gasteiger partial charge in [0, 0.05) is 36.6 Å². The highest BCUT2D eigenvalue weighted by molar-refractivity contribution is 8.00. The Bertz CT molecular complexity index is 1410. The highest BCUT2D eigenvalue weighted by atomic mass is 32.2. The van der Waals surface area contributed by atoms with E-state index in [1.165, 1.54) is 11.8 Å². The molecule has 176 valence electrons. The SMILES string of the molecule is COc1ccc(NC(=O)[C@@H](C)Sc2nnc(Cc3c(C)nc4c(C)cccn4c3=O)n2C)cc1. The van der Waals surface area contributed by atoms with Gasteiger partial charge in [-0.3, -0.25) is 14.0 Å². The number of thioether (sulfide) groups is 1. The van der Waals surface area contributed by atoms with Gasteiger partial charge in [0.2, 0.25) is 5.91 Å². The molecule has 0 saturated carbocycles. The zero-order valence-electron chi connectivity index (χ0n) is 19.7. The van der Waals surface area contributed by atoms with E-state index in [4.69, 9.17) is 4.74 Å². The smallest absolute Gasteiger partial charge is 0.261 e. The third-order valence-corrected chi connectivity index (χ3v) is 6.75. The number of hydrogen-bond acceptors (Lipinski definition) is 7. The molecular weight excluding hydrogens is 452 g/mol. The summed E-state index contributed by atoms with van der Waals surface area (Å²) in [6.45, 7) is 5.57. The van der Waals surface area contributed by atoms with Crippen molar-refractivity contribution in [3.8, 4) is 5.75 Å². The maximum atomic E-state index is 13.1. The second kappa shape index (κ2) is 9.68. The fraction of sp³-hybridized carbons (Fsp3) is 0.292. The number of nitrogens with zero attached hydrogens (tertiary/aromatic N) is 5. The van der Waals surface area contributed by atoms with Crippen LogP contribution in [0, 0.1) is 13.8 Å². The first-order valence-corrected chi connectivity index (χ1v) is 11.6. The summed E-state index contributed by atoms with van der Waals surface area (Å²) in [5.41, 5.74) is 3.40. The van der Waals surface area contributed by atoms with Crippen molar-refractivity contribution >= 4 is 29.0 Å². The van der Waals surface area contributed by atoms with Crippen molar-refractivity contribution in [2.24, 2.45) is 7.05 Å². The molecule has 3 heterocycles. The number of amides is 1. The van der Waals surface area contributed by atoms with E-state index < -0.39 is 5.25 Å². The van der Waals surface area contributed by atoms with E-state index >= 15 is 0 Å². The van der Waals surface area contributed by atoms with Crippen molar-refractivity contribution in [2.75, 3.05) is 12.4 Å². The van der Waals surface area contributed by atoms with E-state index in [0.717, 1.165) is 11.3 Å². The first kappa shape index (κ1) is 23.5. The molecule has 1 atom stereocenters. The Kier molecular flexibility index (Phi) is 6.69. The molecular formula is C24H26N6O3S. The van der Waals surface area contributed by atoms with E-state index in [0.29, 0.717) is 40.0 Å². The molecule has 10 heteroatoms. The number of pyridine rings is 1. The number of nitrogens with one attached hydrogen (secondary N) is 1. The molecule has 9 nitrogen and oxygen atoms in total. The largest absolute Gasteiger partial charge is 0.497 e. The fourth-order valence-electron chi connectivity index (χ4n) is 3.53. The van der Waals surface area contributed by atoms with Crippen molar-refractivity contribution in [1.82, 2.24) is 24.1 Å². The second-order valence-corrected chi connectivity index (χ2v) is 9.29. The summed E-state index contributed by atoms with van der Waals surface area (Å²) in [5.74, 6) is 1.20. The van der Waals surface area contributed by atoms with Gasteiger partial charge in [0.1, 0.15) is 17.2 Å². The molecule has 34 heavy (non-hydrogen) atoms. The average molecular weight is 479 g/mol. The van der Waals surface area contributed by atoms with Gasteiger partial charge in [0.05, 0.1) is 12.4 Å². The number of hydrogen-bond donors (Lipinski definition) is 1. The highest BCUT2D eigenvalue weighted by Crippen LogP contribution is 2.24. The maximum Gasteiger partial charge on any atom is 0.261 e. The number of ether oxygens (including phenoxy) is 1. The number of aromatic nitrogens is 5. The van der Waals surface area contributed by atoms with Gasteiger partial charge >= 0.3 is 0 Å². The van der Waals surface area contributed by atoms with Crippen LogP contribution in [0.1, 0.15) is 29.6 Å². The number of carbonyl (C=O) groups is 1. The van der Waals surface area contributed by atoms with Crippen LogP contribution < -0.4 is 15.6 Å². The molecule has 0 aliphatic carbocycles. The Hall–Kier alpha value is -3.66. The van der Waals surface area contributed by atoms with Crippen LogP contribution in [0.25, 0.3) is 5.65 Å². The lowest BCUT2D eigenvalue weighted by atomic mass is 10.1.